The summed E-state index contributed by atoms with van der Waals surface area (Å²) in [5.41, 5.74) is 0.426. The Morgan fingerprint density at radius 3 is 3.17 bits per heavy atom. The molecule has 0 aromatic carbocycles. The molecule has 1 amide bonds. The molecule has 0 fully saturated rings. The molecule has 1 aliphatic carbocycles. The molecule has 0 bridgehead atoms. The SMILES string of the molecule is O=C1N=CN=C2C=C(F)C=CC12. The molecule has 2 rings (SSSR count). The van der Waals surface area contributed by atoms with E-state index in [2.05, 4.69) is 9.98 Å². The summed E-state index contributed by atoms with van der Waals surface area (Å²) in [6, 6.07) is 0. The predicted octanol–water partition coefficient (Wildman–Crippen LogP) is 1.04. The molecule has 4 heteroatoms. The minimum Gasteiger partial charge on any atom is -0.271 e. The number of rotatable bonds is 0. The highest BCUT2D eigenvalue weighted by Gasteiger charge is 2.24. The highest BCUT2D eigenvalue weighted by molar-refractivity contribution is 6.18. The quantitative estimate of drug-likeness (QED) is 0.527. The number of aliphatic imine (C=N–C) groups is 2. The molecule has 3 nitrogen and oxygen atoms in total. The van der Waals surface area contributed by atoms with Crippen LogP contribution in [0.15, 0.2) is 34.0 Å². The van der Waals surface area contributed by atoms with E-state index in [1.807, 2.05) is 0 Å². The van der Waals surface area contributed by atoms with Gasteiger partial charge in [0, 0.05) is 0 Å². The lowest BCUT2D eigenvalue weighted by Gasteiger charge is -2.14. The summed E-state index contributed by atoms with van der Waals surface area (Å²) < 4.78 is 12.6. The van der Waals surface area contributed by atoms with Crippen molar-refractivity contribution in [1.29, 1.82) is 0 Å². The standard InChI is InChI=1S/C8H5FN2O/c9-5-1-2-6-7(3-5)10-4-11-8(6)12/h1-4,6H. The van der Waals surface area contributed by atoms with Gasteiger partial charge < -0.3 is 0 Å². The molecule has 0 aromatic rings. The van der Waals surface area contributed by atoms with Gasteiger partial charge in [0.25, 0.3) is 5.91 Å². The van der Waals surface area contributed by atoms with Gasteiger partial charge >= 0.3 is 0 Å². The number of carbonyl (C=O) groups excluding carboxylic acids is 1. The lowest BCUT2D eigenvalue weighted by molar-refractivity contribution is -0.118. The van der Waals surface area contributed by atoms with E-state index >= 15 is 0 Å². The van der Waals surface area contributed by atoms with Crippen LogP contribution in [0.4, 0.5) is 4.39 Å². The highest BCUT2D eigenvalue weighted by atomic mass is 19.1. The second-order valence-electron chi connectivity index (χ2n) is 2.50. The maximum absolute atomic E-state index is 12.6. The Hall–Kier alpha value is -1.58. The first kappa shape index (κ1) is 7.09. The molecule has 0 spiro atoms. The van der Waals surface area contributed by atoms with E-state index in [1.165, 1.54) is 18.2 Å². The van der Waals surface area contributed by atoms with Crippen molar-refractivity contribution in [3.63, 3.8) is 0 Å². The Labute approximate surface area is 68.0 Å². The molecule has 1 aliphatic heterocycles. The Morgan fingerprint density at radius 1 is 1.50 bits per heavy atom. The summed E-state index contributed by atoms with van der Waals surface area (Å²) in [6.07, 6.45) is 5.11. The van der Waals surface area contributed by atoms with Gasteiger partial charge in [0.15, 0.2) is 0 Å². The number of fused-ring (bicyclic) bond motifs is 1. The summed E-state index contributed by atoms with van der Waals surface area (Å²) in [5, 5.41) is 0. The number of hydrogen-bond donors (Lipinski definition) is 0. The largest absolute Gasteiger partial charge is 0.271 e. The van der Waals surface area contributed by atoms with E-state index in [-0.39, 0.29) is 11.7 Å². The topological polar surface area (TPSA) is 41.8 Å². The maximum Gasteiger partial charge on any atom is 0.260 e. The lowest BCUT2D eigenvalue weighted by atomic mass is 9.97. The first-order valence-corrected chi connectivity index (χ1v) is 3.47. The van der Waals surface area contributed by atoms with Gasteiger partial charge in [-0.1, -0.05) is 6.08 Å². The molecule has 1 heterocycles. The number of nitrogens with zero attached hydrogens (tertiary/aromatic N) is 2. The number of hydrogen-bond acceptors (Lipinski definition) is 2. The van der Waals surface area contributed by atoms with Crippen LogP contribution in [0.2, 0.25) is 0 Å². The third-order valence-electron chi connectivity index (χ3n) is 1.71. The summed E-state index contributed by atoms with van der Waals surface area (Å²) in [5.74, 6) is -1.15. The van der Waals surface area contributed by atoms with Crippen LogP contribution < -0.4 is 0 Å². The Bertz CT molecular complexity index is 352. The van der Waals surface area contributed by atoms with Crippen LogP contribution in [0.3, 0.4) is 0 Å². The van der Waals surface area contributed by atoms with Gasteiger partial charge in [-0.25, -0.2) is 14.4 Å². The predicted molar refractivity (Wildman–Crippen MR) is 42.8 cm³/mol. The normalized spacial score (nSPS) is 26.4. The van der Waals surface area contributed by atoms with Crippen molar-refractivity contribution < 1.29 is 9.18 Å². The number of carbonyl (C=O) groups is 1. The van der Waals surface area contributed by atoms with Crippen LogP contribution in [-0.2, 0) is 4.79 Å². The molecule has 1 atom stereocenters. The van der Waals surface area contributed by atoms with Crippen molar-refractivity contribution in [1.82, 2.24) is 0 Å². The molecule has 0 saturated heterocycles. The Kier molecular flexibility index (Phi) is 1.46. The minimum atomic E-state index is -0.477. The van der Waals surface area contributed by atoms with Crippen molar-refractivity contribution in [3.8, 4) is 0 Å². The second-order valence-corrected chi connectivity index (χ2v) is 2.50. The minimum absolute atomic E-state index is 0.292. The van der Waals surface area contributed by atoms with E-state index < -0.39 is 5.92 Å². The molecule has 0 N–H and O–H groups in total. The molecule has 2 aliphatic rings. The molecule has 12 heavy (non-hydrogen) atoms. The van der Waals surface area contributed by atoms with Crippen LogP contribution in [0.5, 0.6) is 0 Å². The zero-order chi connectivity index (χ0) is 8.55. The number of allylic oxidation sites excluding steroid dienone is 3. The second kappa shape index (κ2) is 2.48. The number of halogens is 1. The van der Waals surface area contributed by atoms with Crippen molar-refractivity contribution >= 4 is 18.0 Å². The third-order valence-corrected chi connectivity index (χ3v) is 1.71. The van der Waals surface area contributed by atoms with Gasteiger partial charge in [0.2, 0.25) is 0 Å². The van der Waals surface area contributed by atoms with E-state index in [9.17, 15) is 9.18 Å². The van der Waals surface area contributed by atoms with Gasteiger partial charge in [0.1, 0.15) is 18.1 Å². The summed E-state index contributed by atoms with van der Waals surface area (Å²) >= 11 is 0. The summed E-state index contributed by atoms with van der Waals surface area (Å²) in [6.45, 7) is 0. The third kappa shape index (κ3) is 1.01. The van der Waals surface area contributed by atoms with Gasteiger partial charge in [-0.05, 0) is 12.2 Å². The fraction of sp³-hybridized carbons (Fsp3) is 0.125. The van der Waals surface area contributed by atoms with Crippen molar-refractivity contribution in [2.24, 2.45) is 15.9 Å². The van der Waals surface area contributed by atoms with Gasteiger partial charge in [-0.15, -0.1) is 0 Å². The molecule has 0 saturated carbocycles. The fourth-order valence-electron chi connectivity index (χ4n) is 1.13. The highest BCUT2D eigenvalue weighted by Crippen LogP contribution is 2.18. The molecular weight excluding hydrogens is 159 g/mol. The van der Waals surface area contributed by atoms with Crippen molar-refractivity contribution in [2.75, 3.05) is 0 Å². The zero-order valence-electron chi connectivity index (χ0n) is 6.07. The Balaban J connectivity index is 2.43. The lowest BCUT2D eigenvalue weighted by Crippen LogP contribution is -2.24. The van der Waals surface area contributed by atoms with Crippen molar-refractivity contribution in [2.45, 2.75) is 0 Å². The van der Waals surface area contributed by atoms with Crippen molar-refractivity contribution in [3.05, 3.63) is 24.1 Å². The average molecular weight is 164 g/mol. The van der Waals surface area contributed by atoms with Crippen LogP contribution >= 0.6 is 0 Å². The summed E-state index contributed by atoms with van der Waals surface area (Å²) in [4.78, 5) is 18.3. The van der Waals surface area contributed by atoms with E-state index in [0.717, 1.165) is 6.34 Å². The molecule has 1 unspecified atom stereocenters. The number of amides is 1. The smallest absolute Gasteiger partial charge is 0.260 e. The van der Waals surface area contributed by atoms with Gasteiger partial charge in [0.05, 0.1) is 5.71 Å². The maximum atomic E-state index is 12.6. The van der Waals surface area contributed by atoms with Crippen LogP contribution in [-0.4, -0.2) is 18.0 Å². The first-order chi connectivity index (χ1) is 5.77. The van der Waals surface area contributed by atoms with E-state index in [1.54, 1.807) is 0 Å². The summed E-state index contributed by atoms with van der Waals surface area (Å²) in [7, 11) is 0. The monoisotopic (exact) mass is 164 g/mol. The fourth-order valence-corrected chi connectivity index (χ4v) is 1.13. The van der Waals surface area contributed by atoms with E-state index in [0.29, 0.717) is 5.71 Å². The zero-order valence-corrected chi connectivity index (χ0v) is 6.07. The molecular formula is C8H5FN2O. The van der Waals surface area contributed by atoms with E-state index in [4.69, 9.17) is 0 Å². The van der Waals surface area contributed by atoms with Crippen LogP contribution in [0.1, 0.15) is 0 Å². The first-order valence-electron chi connectivity index (χ1n) is 3.47. The van der Waals surface area contributed by atoms with Crippen LogP contribution in [0, 0.1) is 5.92 Å². The van der Waals surface area contributed by atoms with Gasteiger partial charge in [-0.2, -0.15) is 0 Å². The molecule has 0 radical (unpaired) electrons. The molecule has 60 valence electrons. The average Bonchev–Trinajstić information content (AvgIpc) is 2.04. The van der Waals surface area contributed by atoms with Gasteiger partial charge in [-0.3, -0.25) is 4.79 Å². The Morgan fingerprint density at radius 2 is 2.33 bits per heavy atom. The molecule has 0 aromatic heterocycles. The van der Waals surface area contributed by atoms with Crippen LogP contribution in [0.25, 0.3) is 0 Å².